The van der Waals surface area contributed by atoms with E-state index in [9.17, 15) is 0 Å². The van der Waals surface area contributed by atoms with E-state index in [0.29, 0.717) is 4.77 Å². The van der Waals surface area contributed by atoms with Crippen molar-refractivity contribution in [2.24, 2.45) is 0 Å². The zero-order valence-corrected chi connectivity index (χ0v) is 17.4. The Balaban J connectivity index is 1.39. The van der Waals surface area contributed by atoms with Crippen molar-refractivity contribution in [2.45, 2.75) is 27.1 Å². The van der Waals surface area contributed by atoms with Crippen molar-refractivity contribution in [3.63, 3.8) is 0 Å². The van der Waals surface area contributed by atoms with E-state index in [-0.39, 0.29) is 0 Å². The summed E-state index contributed by atoms with van der Waals surface area (Å²) >= 11 is 7.42. The van der Waals surface area contributed by atoms with Gasteiger partial charge in [0.05, 0.1) is 5.69 Å². The minimum absolute atomic E-state index is 0.666. The lowest BCUT2D eigenvalue weighted by Gasteiger charge is -2.29. The molecule has 1 aliphatic rings. The molecular weight excluding hydrogens is 376 g/mol. The highest BCUT2D eigenvalue weighted by molar-refractivity contribution is 7.71. The van der Waals surface area contributed by atoms with Gasteiger partial charge in [0.15, 0.2) is 6.67 Å². The average Bonchev–Trinajstić information content (AvgIpc) is 3.30. The second-order valence-electron chi connectivity index (χ2n) is 7.41. The van der Waals surface area contributed by atoms with Gasteiger partial charge in [-0.25, -0.2) is 0 Å². The molecule has 2 N–H and O–H groups in total. The van der Waals surface area contributed by atoms with Crippen molar-refractivity contribution in [1.29, 1.82) is 0 Å². The van der Waals surface area contributed by atoms with E-state index in [0.717, 1.165) is 32.0 Å². The van der Waals surface area contributed by atoms with Gasteiger partial charge >= 0.3 is 0 Å². The van der Waals surface area contributed by atoms with Gasteiger partial charge in [-0.3, -0.25) is 0 Å². The lowest BCUT2D eigenvalue weighted by atomic mass is 10.1. The minimum atomic E-state index is 0.666. The zero-order valence-electron chi connectivity index (χ0n) is 15.8. The van der Waals surface area contributed by atoms with Crippen LogP contribution in [0.15, 0.2) is 35.0 Å². The first-order valence-corrected chi connectivity index (χ1v) is 10.7. The topological polar surface area (TPSA) is 44.5 Å². The van der Waals surface area contributed by atoms with Gasteiger partial charge < -0.3 is 9.80 Å². The van der Waals surface area contributed by atoms with Crippen LogP contribution < -0.4 is 9.80 Å². The maximum Gasteiger partial charge on any atom is 0.225 e. The van der Waals surface area contributed by atoms with E-state index in [1.54, 1.807) is 20.9 Å². The summed E-state index contributed by atoms with van der Waals surface area (Å²) in [5.41, 5.74) is 4.94. The summed E-state index contributed by atoms with van der Waals surface area (Å²) in [7, 11) is 0. The molecule has 0 radical (unpaired) electrons. The number of hydrogen-bond donors (Lipinski definition) is 2. The average molecular weight is 403 g/mol. The fraction of sp³-hybridized carbons (Fsp3) is 0.421. The number of thiophene rings is 1. The van der Waals surface area contributed by atoms with E-state index in [1.165, 1.54) is 34.7 Å². The van der Waals surface area contributed by atoms with E-state index in [2.05, 4.69) is 59.3 Å². The van der Waals surface area contributed by atoms with Gasteiger partial charge in [-0.15, -0.1) is 0 Å². The molecule has 4 rings (SSSR count). The molecule has 6 nitrogen and oxygen atoms in total. The lowest BCUT2D eigenvalue weighted by molar-refractivity contribution is -1.03. The smallest absolute Gasteiger partial charge is 0.225 e. The number of aryl methyl sites for hydroxylation is 2. The van der Waals surface area contributed by atoms with Crippen LogP contribution >= 0.6 is 23.6 Å². The van der Waals surface area contributed by atoms with Crippen molar-refractivity contribution in [2.75, 3.05) is 26.2 Å². The van der Waals surface area contributed by atoms with Crippen molar-refractivity contribution in [3.05, 3.63) is 56.5 Å². The second kappa shape index (κ2) is 8.02. The van der Waals surface area contributed by atoms with Gasteiger partial charge in [0.25, 0.3) is 0 Å². The number of benzene rings is 1. The van der Waals surface area contributed by atoms with Crippen LogP contribution in [0.3, 0.4) is 0 Å². The number of quaternary nitrogens is 2. The Bertz CT molecular complexity index is 951. The summed E-state index contributed by atoms with van der Waals surface area (Å²) in [5.74, 6) is 0. The monoisotopic (exact) mass is 402 g/mol. The van der Waals surface area contributed by atoms with Crippen LogP contribution in [0.2, 0.25) is 0 Å². The number of piperazine rings is 1. The Morgan fingerprint density at radius 3 is 2.52 bits per heavy atom. The predicted octanol–water partition coefficient (Wildman–Crippen LogP) is 0.418. The Morgan fingerprint density at radius 2 is 1.81 bits per heavy atom. The van der Waals surface area contributed by atoms with Crippen LogP contribution in [0.4, 0.5) is 0 Å². The van der Waals surface area contributed by atoms with Crippen molar-refractivity contribution in [3.8, 4) is 5.69 Å². The molecule has 0 bridgehead atoms. The summed E-state index contributed by atoms with van der Waals surface area (Å²) in [6.07, 6.45) is 0. The van der Waals surface area contributed by atoms with Gasteiger partial charge in [0, 0.05) is 5.56 Å². The summed E-state index contributed by atoms with van der Waals surface area (Å²) in [5, 5.41) is 13.0. The number of nitrogens with zero attached hydrogens (tertiary/aromatic N) is 4. The fourth-order valence-electron chi connectivity index (χ4n) is 3.58. The molecule has 1 fully saturated rings. The van der Waals surface area contributed by atoms with Gasteiger partial charge in [-0.2, -0.15) is 20.7 Å². The van der Waals surface area contributed by atoms with E-state index >= 15 is 0 Å². The first-order valence-electron chi connectivity index (χ1n) is 9.39. The van der Waals surface area contributed by atoms with Crippen molar-refractivity contribution >= 4 is 23.6 Å². The molecule has 3 heterocycles. The highest BCUT2D eigenvalue weighted by atomic mass is 32.1. The molecule has 0 saturated carbocycles. The van der Waals surface area contributed by atoms with Crippen LogP contribution in [0.25, 0.3) is 5.69 Å². The van der Waals surface area contributed by atoms with E-state index in [4.69, 9.17) is 12.2 Å². The molecule has 1 aromatic carbocycles. The summed E-state index contributed by atoms with van der Waals surface area (Å²) in [6.45, 7) is 10.8. The van der Waals surface area contributed by atoms with Crippen LogP contribution in [-0.2, 0) is 13.2 Å². The molecule has 0 amide bonds. The summed E-state index contributed by atoms with van der Waals surface area (Å²) < 4.78 is 4.29. The molecule has 3 aromatic rings. The summed E-state index contributed by atoms with van der Waals surface area (Å²) in [4.78, 5) is 3.19. The molecule has 8 heteroatoms. The van der Waals surface area contributed by atoms with Gasteiger partial charge in [0.2, 0.25) is 4.77 Å². The van der Waals surface area contributed by atoms with Gasteiger partial charge in [-0.1, -0.05) is 6.07 Å². The van der Waals surface area contributed by atoms with Gasteiger partial charge in [0.1, 0.15) is 32.7 Å². The largest absolute Gasteiger partial charge is 0.322 e. The number of nitrogens with one attached hydrogen (secondary N) is 2. The molecule has 0 spiro atoms. The third kappa shape index (κ3) is 4.19. The Hall–Kier alpha value is -1.87. The molecule has 1 aliphatic heterocycles. The van der Waals surface area contributed by atoms with E-state index in [1.807, 2.05) is 4.68 Å². The standard InChI is InChI=1S/C19H24N6S2/c1-15-3-4-18(11-16(15)2)25-19(26)24(20-21-25)14-23-8-6-22(7-9-23)12-17-5-10-27-13-17/h3-5,10-11,13H,6-9,12,14H2,1-2H3/p+2. The molecule has 1 saturated heterocycles. The third-order valence-corrected chi connectivity index (χ3v) is 6.56. The van der Waals surface area contributed by atoms with Crippen LogP contribution in [-0.4, -0.2) is 46.0 Å². The third-order valence-electron chi connectivity index (χ3n) is 5.45. The first-order chi connectivity index (χ1) is 13.1. The number of rotatable bonds is 5. The molecule has 0 atom stereocenters. The predicted molar refractivity (Wildman–Crippen MR) is 109 cm³/mol. The Morgan fingerprint density at radius 1 is 1.04 bits per heavy atom. The Kier molecular flexibility index (Phi) is 5.49. The maximum absolute atomic E-state index is 5.64. The summed E-state index contributed by atoms with van der Waals surface area (Å²) in [6, 6.07) is 8.51. The van der Waals surface area contributed by atoms with Crippen LogP contribution in [0, 0.1) is 18.6 Å². The second-order valence-corrected chi connectivity index (χ2v) is 8.55. The van der Waals surface area contributed by atoms with Crippen molar-refractivity contribution in [1.82, 2.24) is 19.8 Å². The van der Waals surface area contributed by atoms with Crippen LogP contribution in [0.5, 0.6) is 0 Å². The Labute approximate surface area is 168 Å². The molecule has 2 aromatic heterocycles. The SMILES string of the molecule is Cc1ccc(-n2nnn(C[NH+]3CC[NH+](Cc4ccsc4)CC3)c2=S)cc1C. The fourth-order valence-corrected chi connectivity index (χ4v) is 4.49. The zero-order chi connectivity index (χ0) is 18.8. The van der Waals surface area contributed by atoms with E-state index < -0.39 is 0 Å². The molecule has 0 unspecified atom stereocenters. The van der Waals surface area contributed by atoms with Crippen molar-refractivity contribution < 1.29 is 9.80 Å². The minimum Gasteiger partial charge on any atom is -0.322 e. The molecule has 27 heavy (non-hydrogen) atoms. The number of tetrazole rings is 1. The number of aromatic nitrogens is 4. The molecular formula is C19H26N6S2+2. The maximum atomic E-state index is 5.64. The highest BCUT2D eigenvalue weighted by Crippen LogP contribution is 2.13. The lowest BCUT2D eigenvalue weighted by Crippen LogP contribution is -3.27. The van der Waals surface area contributed by atoms with Crippen LogP contribution in [0.1, 0.15) is 16.7 Å². The number of hydrogen-bond acceptors (Lipinski definition) is 4. The first kappa shape index (κ1) is 18.5. The molecule has 142 valence electrons. The normalized spacial score (nSPS) is 20.1. The quantitative estimate of drug-likeness (QED) is 0.608. The molecule has 0 aliphatic carbocycles. The van der Waals surface area contributed by atoms with Gasteiger partial charge in [-0.05, 0) is 76.6 Å². The highest BCUT2D eigenvalue weighted by Gasteiger charge is 2.24.